The van der Waals surface area contributed by atoms with Gasteiger partial charge in [-0.25, -0.2) is 0 Å². The Balaban J connectivity index is 2.20. The van der Waals surface area contributed by atoms with Crippen molar-refractivity contribution in [1.29, 1.82) is 0 Å². The van der Waals surface area contributed by atoms with Crippen LogP contribution in [0, 0.1) is 0 Å². The second-order valence-electron chi connectivity index (χ2n) is 4.16. The molecular weight excluding hydrogens is 271 g/mol. The zero-order valence-electron chi connectivity index (χ0n) is 9.83. The summed E-state index contributed by atoms with van der Waals surface area (Å²) in [7, 11) is 1.67. The predicted molar refractivity (Wildman–Crippen MR) is 79.7 cm³/mol. The highest BCUT2D eigenvalue weighted by atomic mass is 32.9. The van der Waals surface area contributed by atoms with E-state index in [-0.39, 0.29) is 0 Å². The van der Waals surface area contributed by atoms with E-state index in [0.717, 1.165) is 31.8 Å². The Bertz CT molecular complexity index is 413. The molecular formula is C12H17O2PS2. The molecule has 2 rings (SSSR count). The van der Waals surface area contributed by atoms with Crippen molar-refractivity contribution in [2.24, 2.45) is 0 Å². The van der Waals surface area contributed by atoms with Crippen LogP contribution < -0.4 is 10.0 Å². The number of hydrogen-bond acceptors (Lipinski definition) is 3. The molecule has 1 fully saturated rings. The van der Waals surface area contributed by atoms with Gasteiger partial charge >= 0.3 is 0 Å². The fourth-order valence-corrected chi connectivity index (χ4v) is 6.04. The van der Waals surface area contributed by atoms with E-state index in [1.165, 1.54) is 5.30 Å². The maximum Gasteiger partial charge on any atom is 0.118 e. The van der Waals surface area contributed by atoms with Crippen molar-refractivity contribution in [3.63, 3.8) is 0 Å². The van der Waals surface area contributed by atoms with Crippen molar-refractivity contribution in [3.05, 3.63) is 24.3 Å². The first kappa shape index (κ1) is 13.4. The molecule has 0 bridgehead atoms. The molecule has 0 amide bonds. The number of thiol groups is 1. The Morgan fingerprint density at radius 2 is 1.88 bits per heavy atom. The van der Waals surface area contributed by atoms with E-state index in [1.54, 1.807) is 7.11 Å². The van der Waals surface area contributed by atoms with Gasteiger partial charge in [0.2, 0.25) is 0 Å². The monoisotopic (exact) mass is 288 g/mol. The summed E-state index contributed by atoms with van der Waals surface area (Å²) >= 11 is 10.6. The third-order valence-electron chi connectivity index (χ3n) is 3.13. The first-order valence-electron chi connectivity index (χ1n) is 5.69. The van der Waals surface area contributed by atoms with Crippen molar-refractivity contribution in [1.82, 2.24) is 0 Å². The van der Waals surface area contributed by atoms with Crippen LogP contribution in [0.15, 0.2) is 24.3 Å². The summed E-state index contributed by atoms with van der Waals surface area (Å²) in [6.07, 6.45) is 2.07. The molecule has 0 N–H and O–H groups in total. The van der Waals surface area contributed by atoms with Gasteiger partial charge in [0.05, 0.1) is 7.11 Å². The van der Waals surface area contributed by atoms with Crippen LogP contribution in [0.4, 0.5) is 0 Å². The van der Waals surface area contributed by atoms with E-state index in [2.05, 4.69) is 12.1 Å². The lowest BCUT2D eigenvalue weighted by atomic mass is 10.2. The third-order valence-corrected chi connectivity index (χ3v) is 8.87. The van der Waals surface area contributed by atoms with E-state index < -0.39 is 5.24 Å². The summed E-state index contributed by atoms with van der Waals surface area (Å²) in [5, 5.41) is -0.575. The van der Waals surface area contributed by atoms with Crippen LogP contribution in [0.5, 0.6) is 5.75 Å². The van der Waals surface area contributed by atoms with Crippen LogP contribution in [0.1, 0.15) is 12.8 Å². The lowest BCUT2D eigenvalue weighted by Crippen LogP contribution is -2.23. The van der Waals surface area contributed by atoms with Crippen molar-refractivity contribution in [2.45, 2.75) is 18.5 Å². The van der Waals surface area contributed by atoms with Crippen LogP contribution in [0.2, 0.25) is 0 Å². The number of hydrogen-bond donors (Lipinski definition) is 1. The summed E-state index contributed by atoms with van der Waals surface area (Å²) in [6, 6.07) is 8.04. The molecule has 1 aromatic carbocycles. The largest absolute Gasteiger partial charge is 0.497 e. The molecule has 0 aliphatic carbocycles. The molecule has 0 radical (unpaired) electrons. The molecule has 5 heteroatoms. The van der Waals surface area contributed by atoms with Crippen LogP contribution in [-0.4, -0.2) is 26.0 Å². The molecule has 0 aromatic heterocycles. The van der Waals surface area contributed by atoms with Crippen LogP contribution in [-0.2, 0) is 16.5 Å². The van der Waals surface area contributed by atoms with E-state index in [4.69, 9.17) is 33.5 Å². The summed E-state index contributed by atoms with van der Waals surface area (Å²) in [5.41, 5.74) is 0.503. The molecule has 0 spiro atoms. The molecule has 94 valence electrons. The second-order valence-corrected chi connectivity index (χ2v) is 11.1. The molecule has 1 saturated heterocycles. The number of methoxy groups -OCH3 is 1. The number of ether oxygens (including phenoxy) is 2. The van der Waals surface area contributed by atoms with Crippen molar-refractivity contribution in [2.75, 3.05) is 20.3 Å². The third kappa shape index (κ3) is 3.05. The Kier molecular flexibility index (Phi) is 4.53. The van der Waals surface area contributed by atoms with E-state index >= 15 is 0 Å². The average molecular weight is 288 g/mol. The Morgan fingerprint density at radius 3 is 2.41 bits per heavy atom. The van der Waals surface area contributed by atoms with Gasteiger partial charge in [-0.1, -0.05) is 11.8 Å². The standard InChI is InChI=1S/C12H17O2PS2/c1-13-10-2-4-11(5-3-10)15(16,17)12-6-8-14-9-7-12/h2-5,12H,6-9H2,1H3,(H,16,17). The molecule has 1 unspecified atom stereocenters. The van der Waals surface area contributed by atoms with Crippen LogP contribution in [0.3, 0.4) is 0 Å². The topological polar surface area (TPSA) is 18.5 Å². The minimum Gasteiger partial charge on any atom is -0.497 e. The highest BCUT2D eigenvalue weighted by Crippen LogP contribution is 2.57. The minimum absolute atomic E-state index is 0.503. The Morgan fingerprint density at radius 1 is 1.29 bits per heavy atom. The maximum absolute atomic E-state index is 5.79. The molecule has 1 heterocycles. The molecule has 17 heavy (non-hydrogen) atoms. The van der Waals surface area contributed by atoms with Crippen molar-refractivity contribution < 1.29 is 9.47 Å². The first-order chi connectivity index (χ1) is 8.14. The molecule has 1 aliphatic heterocycles. The van der Waals surface area contributed by atoms with Gasteiger partial charge in [-0.05, 0) is 42.4 Å². The van der Waals surface area contributed by atoms with E-state index in [9.17, 15) is 0 Å². The molecule has 0 saturated carbocycles. The summed E-state index contributed by atoms with van der Waals surface area (Å²) in [6.45, 7) is 1.64. The zero-order valence-corrected chi connectivity index (χ0v) is 12.4. The highest BCUT2D eigenvalue weighted by Gasteiger charge is 2.28. The zero-order chi connectivity index (χ0) is 12.3. The molecule has 1 atom stereocenters. The lowest BCUT2D eigenvalue weighted by molar-refractivity contribution is 0.0995. The van der Waals surface area contributed by atoms with Gasteiger partial charge in [0.15, 0.2) is 0 Å². The predicted octanol–water partition coefficient (Wildman–Crippen LogP) is 2.82. The van der Waals surface area contributed by atoms with E-state index in [0.29, 0.717) is 5.66 Å². The van der Waals surface area contributed by atoms with Gasteiger partial charge < -0.3 is 9.47 Å². The Hall–Kier alpha value is -0.0200. The number of rotatable bonds is 3. The van der Waals surface area contributed by atoms with Gasteiger partial charge in [-0.15, -0.1) is 12.2 Å². The van der Waals surface area contributed by atoms with Crippen LogP contribution in [0.25, 0.3) is 0 Å². The summed E-state index contributed by atoms with van der Waals surface area (Å²) in [5.74, 6) is 0.865. The van der Waals surface area contributed by atoms with Crippen molar-refractivity contribution >= 4 is 34.6 Å². The van der Waals surface area contributed by atoms with E-state index in [1.807, 2.05) is 12.1 Å². The molecule has 1 aromatic rings. The smallest absolute Gasteiger partial charge is 0.118 e. The fraction of sp³-hybridized carbons (Fsp3) is 0.500. The molecule has 2 nitrogen and oxygen atoms in total. The quantitative estimate of drug-likeness (QED) is 0.681. The van der Waals surface area contributed by atoms with Gasteiger partial charge in [0.25, 0.3) is 0 Å². The Labute approximate surface area is 113 Å². The SMILES string of the molecule is COc1ccc(P(=S)(S)C2CCOCC2)cc1. The highest BCUT2D eigenvalue weighted by molar-refractivity contribution is 8.66. The van der Waals surface area contributed by atoms with Gasteiger partial charge in [-0.2, -0.15) is 0 Å². The normalized spacial score (nSPS) is 20.8. The minimum atomic E-state index is -1.76. The van der Waals surface area contributed by atoms with Gasteiger partial charge in [0, 0.05) is 24.1 Å². The van der Waals surface area contributed by atoms with Gasteiger partial charge in [0.1, 0.15) is 5.75 Å². The first-order valence-corrected chi connectivity index (χ1v) is 9.72. The van der Waals surface area contributed by atoms with Crippen LogP contribution >= 0.6 is 17.5 Å². The van der Waals surface area contributed by atoms with Gasteiger partial charge in [-0.3, -0.25) is 0 Å². The average Bonchev–Trinajstić information content (AvgIpc) is 2.40. The van der Waals surface area contributed by atoms with Crippen molar-refractivity contribution in [3.8, 4) is 5.75 Å². The second kappa shape index (κ2) is 5.75. The maximum atomic E-state index is 5.79. The fourth-order valence-electron chi connectivity index (χ4n) is 2.04. The lowest BCUT2D eigenvalue weighted by Gasteiger charge is -2.30. The summed E-state index contributed by atoms with van der Waals surface area (Å²) in [4.78, 5) is 0. The summed E-state index contributed by atoms with van der Waals surface area (Å²) < 4.78 is 10.5. The molecule has 1 aliphatic rings. The number of benzene rings is 1.